The van der Waals surface area contributed by atoms with E-state index in [0.29, 0.717) is 24.3 Å². The van der Waals surface area contributed by atoms with Gasteiger partial charge in [0.25, 0.3) is 15.0 Å². The molecule has 0 saturated carbocycles. The van der Waals surface area contributed by atoms with E-state index in [-0.39, 0.29) is 10.8 Å². The summed E-state index contributed by atoms with van der Waals surface area (Å²) >= 11 is 0. The molecule has 19 heavy (non-hydrogen) atoms. The third-order valence-electron chi connectivity index (χ3n) is 2.53. The van der Waals surface area contributed by atoms with E-state index in [2.05, 4.69) is 5.32 Å². The summed E-state index contributed by atoms with van der Waals surface area (Å²) in [7, 11) is 3.07. The Hall–Kier alpha value is -1.11. The van der Waals surface area contributed by atoms with Gasteiger partial charge in [-0.1, -0.05) is 0 Å². The molecule has 0 spiro atoms. The molecule has 0 heterocycles. The molecule has 1 rings (SSSR count). The number of halogens is 1. The molecular weight excluding hydrogens is 290 g/mol. The largest absolute Gasteiger partial charge is 0.385 e. The molecule has 1 amide bonds. The third-order valence-corrected chi connectivity index (χ3v) is 3.89. The Morgan fingerprint density at radius 1 is 1.42 bits per heavy atom. The van der Waals surface area contributed by atoms with E-state index in [9.17, 15) is 13.2 Å². The Morgan fingerprint density at radius 2 is 2.11 bits per heavy atom. The summed E-state index contributed by atoms with van der Waals surface area (Å²) in [5.74, 6) is -0.243. The van der Waals surface area contributed by atoms with Crippen molar-refractivity contribution in [1.82, 2.24) is 5.32 Å². The van der Waals surface area contributed by atoms with Crippen LogP contribution in [0.1, 0.15) is 22.3 Å². The molecule has 5 nitrogen and oxygen atoms in total. The minimum atomic E-state index is -3.77. The first kappa shape index (κ1) is 15.9. The highest BCUT2D eigenvalue weighted by atomic mass is 35.7. The van der Waals surface area contributed by atoms with Crippen molar-refractivity contribution in [2.24, 2.45) is 0 Å². The van der Waals surface area contributed by atoms with Gasteiger partial charge in [-0.15, -0.1) is 0 Å². The van der Waals surface area contributed by atoms with Gasteiger partial charge in [0.2, 0.25) is 0 Å². The standard InChI is InChI=1S/C12H16ClNO4S/c1-9-8-10(19(13,16)17)4-5-11(9)12(15)14-6-3-7-18-2/h4-5,8H,3,6-7H2,1-2H3,(H,14,15). The predicted molar refractivity (Wildman–Crippen MR) is 73.0 cm³/mol. The number of amides is 1. The van der Waals surface area contributed by atoms with Gasteiger partial charge in [0.15, 0.2) is 0 Å². The normalized spacial score (nSPS) is 11.3. The van der Waals surface area contributed by atoms with Crippen molar-refractivity contribution >= 4 is 25.6 Å². The number of methoxy groups -OCH3 is 1. The van der Waals surface area contributed by atoms with Gasteiger partial charge < -0.3 is 10.1 Å². The average molecular weight is 306 g/mol. The fourth-order valence-electron chi connectivity index (χ4n) is 1.56. The fraction of sp³-hybridized carbons (Fsp3) is 0.417. The van der Waals surface area contributed by atoms with E-state index in [1.54, 1.807) is 14.0 Å². The van der Waals surface area contributed by atoms with Crippen LogP contribution in [0.4, 0.5) is 0 Å². The Balaban J connectivity index is 2.77. The molecule has 0 aliphatic carbocycles. The molecule has 0 atom stereocenters. The van der Waals surface area contributed by atoms with Gasteiger partial charge >= 0.3 is 0 Å². The molecular formula is C12H16ClNO4S. The summed E-state index contributed by atoms with van der Waals surface area (Å²) in [6.45, 7) is 2.74. The Labute approximate surface area is 117 Å². The molecule has 1 N–H and O–H groups in total. The molecule has 0 unspecified atom stereocenters. The van der Waals surface area contributed by atoms with Crippen LogP contribution >= 0.6 is 10.7 Å². The highest BCUT2D eigenvalue weighted by molar-refractivity contribution is 8.13. The lowest BCUT2D eigenvalue weighted by atomic mass is 10.1. The average Bonchev–Trinajstić information content (AvgIpc) is 2.33. The molecule has 7 heteroatoms. The van der Waals surface area contributed by atoms with Gasteiger partial charge in [-0.25, -0.2) is 8.42 Å². The highest BCUT2D eigenvalue weighted by Gasteiger charge is 2.14. The van der Waals surface area contributed by atoms with Crippen LogP contribution in [0.2, 0.25) is 0 Å². The lowest BCUT2D eigenvalue weighted by molar-refractivity contribution is 0.0948. The summed E-state index contributed by atoms with van der Waals surface area (Å²) in [4.78, 5) is 11.8. The van der Waals surface area contributed by atoms with Gasteiger partial charge in [-0.2, -0.15) is 0 Å². The molecule has 106 valence electrons. The van der Waals surface area contributed by atoms with Crippen LogP contribution in [0.3, 0.4) is 0 Å². The minimum Gasteiger partial charge on any atom is -0.385 e. The van der Waals surface area contributed by atoms with Crippen molar-refractivity contribution < 1.29 is 17.9 Å². The number of ether oxygens (including phenoxy) is 1. The van der Waals surface area contributed by atoms with E-state index < -0.39 is 9.05 Å². The molecule has 0 saturated heterocycles. The van der Waals surface area contributed by atoms with Crippen molar-refractivity contribution in [3.8, 4) is 0 Å². The number of carbonyl (C=O) groups is 1. The first-order chi connectivity index (χ1) is 8.86. The molecule has 0 radical (unpaired) electrons. The smallest absolute Gasteiger partial charge is 0.261 e. The topological polar surface area (TPSA) is 72.5 Å². The third kappa shape index (κ3) is 4.81. The van der Waals surface area contributed by atoms with E-state index in [1.807, 2.05) is 0 Å². The van der Waals surface area contributed by atoms with Gasteiger partial charge in [0.05, 0.1) is 4.90 Å². The van der Waals surface area contributed by atoms with Crippen molar-refractivity contribution in [3.63, 3.8) is 0 Å². The quantitative estimate of drug-likeness (QED) is 0.641. The molecule has 0 aliphatic heterocycles. The van der Waals surface area contributed by atoms with Crippen LogP contribution in [0.15, 0.2) is 23.1 Å². The number of hydrogen-bond donors (Lipinski definition) is 1. The van der Waals surface area contributed by atoms with Crippen LogP contribution in [0.5, 0.6) is 0 Å². The molecule has 0 bridgehead atoms. The number of benzene rings is 1. The number of carbonyl (C=O) groups excluding carboxylic acids is 1. The second-order valence-corrected chi connectivity index (χ2v) is 6.58. The lowest BCUT2D eigenvalue weighted by Crippen LogP contribution is -2.25. The Morgan fingerprint density at radius 3 is 2.63 bits per heavy atom. The monoisotopic (exact) mass is 305 g/mol. The van der Waals surface area contributed by atoms with Crippen molar-refractivity contribution in [3.05, 3.63) is 29.3 Å². The SMILES string of the molecule is COCCCNC(=O)c1ccc(S(=O)(=O)Cl)cc1C. The predicted octanol–water partition coefficient (Wildman–Crippen LogP) is 1.69. The van der Waals surface area contributed by atoms with Crippen molar-refractivity contribution in [2.45, 2.75) is 18.2 Å². The summed E-state index contributed by atoms with van der Waals surface area (Å²) in [5, 5.41) is 2.73. The minimum absolute atomic E-state index is 0.0115. The first-order valence-electron chi connectivity index (χ1n) is 5.68. The number of aryl methyl sites for hydroxylation is 1. The zero-order valence-corrected chi connectivity index (χ0v) is 12.3. The Kier molecular flexibility index (Phi) is 5.78. The number of nitrogens with one attached hydrogen (secondary N) is 1. The fourth-order valence-corrected chi connectivity index (χ4v) is 2.39. The van der Waals surface area contributed by atoms with Crippen LogP contribution in [0, 0.1) is 6.92 Å². The Bertz CT molecular complexity index is 557. The van der Waals surface area contributed by atoms with Crippen LogP contribution < -0.4 is 5.32 Å². The van der Waals surface area contributed by atoms with E-state index >= 15 is 0 Å². The maximum Gasteiger partial charge on any atom is 0.261 e. The first-order valence-corrected chi connectivity index (χ1v) is 7.99. The summed E-state index contributed by atoms with van der Waals surface area (Å²) in [5.41, 5.74) is 0.993. The van der Waals surface area contributed by atoms with E-state index in [1.165, 1.54) is 18.2 Å². The zero-order valence-electron chi connectivity index (χ0n) is 10.8. The highest BCUT2D eigenvalue weighted by Crippen LogP contribution is 2.18. The van der Waals surface area contributed by atoms with E-state index in [0.717, 1.165) is 6.42 Å². The van der Waals surface area contributed by atoms with Crippen molar-refractivity contribution in [2.75, 3.05) is 20.3 Å². The zero-order chi connectivity index (χ0) is 14.5. The molecule has 0 fully saturated rings. The number of hydrogen-bond acceptors (Lipinski definition) is 4. The van der Waals surface area contributed by atoms with Crippen molar-refractivity contribution in [1.29, 1.82) is 0 Å². The van der Waals surface area contributed by atoms with E-state index in [4.69, 9.17) is 15.4 Å². The molecule has 0 aliphatic rings. The maximum absolute atomic E-state index is 11.9. The van der Waals surface area contributed by atoms with Crippen LogP contribution in [0.25, 0.3) is 0 Å². The van der Waals surface area contributed by atoms with Gasteiger partial charge in [-0.05, 0) is 37.1 Å². The number of rotatable bonds is 6. The van der Waals surface area contributed by atoms with Gasteiger partial charge in [0.1, 0.15) is 0 Å². The second-order valence-electron chi connectivity index (χ2n) is 4.02. The summed E-state index contributed by atoms with van der Waals surface area (Å²) in [6, 6.07) is 4.15. The summed E-state index contributed by atoms with van der Waals surface area (Å²) < 4.78 is 27.2. The van der Waals surface area contributed by atoms with Gasteiger partial charge in [0, 0.05) is 36.5 Å². The molecule has 1 aromatic carbocycles. The molecule has 0 aromatic heterocycles. The maximum atomic E-state index is 11.9. The van der Waals surface area contributed by atoms with Crippen LogP contribution in [-0.2, 0) is 13.8 Å². The summed E-state index contributed by atoms with van der Waals surface area (Å²) in [6.07, 6.45) is 0.718. The lowest BCUT2D eigenvalue weighted by Gasteiger charge is -2.08. The van der Waals surface area contributed by atoms with Crippen LogP contribution in [-0.4, -0.2) is 34.6 Å². The molecule has 1 aromatic rings. The second kappa shape index (κ2) is 6.88. The van der Waals surface area contributed by atoms with Gasteiger partial charge in [-0.3, -0.25) is 4.79 Å².